The minimum atomic E-state index is -1.24. The smallest absolute Gasteiger partial charge is 0.333 e. The van der Waals surface area contributed by atoms with Crippen LogP contribution < -0.4 is 0 Å². The van der Waals surface area contributed by atoms with E-state index in [2.05, 4.69) is 21.0 Å². The third-order valence-electron chi connectivity index (χ3n) is 3.01. The molecule has 6 heteroatoms. The second-order valence-corrected chi connectivity index (χ2v) is 5.58. The predicted octanol–water partition coefficient (Wildman–Crippen LogP) is 2.66. The summed E-state index contributed by atoms with van der Waals surface area (Å²) in [6.45, 7) is 1.98. The molecule has 0 aliphatic rings. The van der Waals surface area contributed by atoms with Crippen LogP contribution in [-0.4, -0.2) is 27.5 Å². The Hall–Kier alpha value is -1.66. The topological polar surface area (TPSA) is 64.3 Å². The number of carboxylic acids is 1. The van der Waals surface area contributed by atoms with Crippen LogP contribution in [0.2, 0.25) is 0 Å². The summed E-state index contributed by atoms with van der Waals surface area (Å²) in [4.78, 5) is 11.5. The Labute approximate surface area is 125 Å². The number of carbonyl (C=O) groups is 1. The van der Waals surface area contributed by atoms with E-state index in [1.165, 1.54) is 4.68 Å². The van der Waals surface area contributed by atoms with Crippen LogP contribution in [-0.2, 0) is 21.7 Å². The van der Waals surface area contributed by atoms with Crippen molar-refractivity contribution in [3.63, 3.8) is 0 Å². The van der Waals surface area contributed by atoms with Crippen molar-refractivity contribution < 1.29 is 14.6 Å². The van der Waals surface area contributed by atoms with E-state index in [1.54, 1.807) is 19.3 Å². The number of carboxylic acid groups (broad SMARTS) is 1. The zero-order valence-corrected chi connectivity index (χ0v) is 12.6. The van der Waals surface area contributed by atoms with Crippen molar-refractivity contribution in [2.45, 2.75) is 19.1 Å². The first-order chi connectivity index (χ1) is 9.52. The number of ether oxygens (including phenoxy) is 1. The van der Waals surface area contributed by atoms with Crippen molar-refractivity contribution in [2.75, 3.05) is 6.61 Å². The first-order valence-electron chi connectivity index (χ1n) is 6.08. The molecule has 0 amide bonds. The van der Waals surface area contributed by atoms with Gasteiger partial charge in [-0.25, -0.2) is 4.79 Å². The van der Waals surface area contributed by atoms with Gasteiger partial charge in [-0.15, -0.1) is 0 Å². The molecule has 1 atom stereocenters. The third-order valence-corrected chi connectivity index (χ3v) is 3.42. The molecule has 0 fully saturated rings. The molecule has 0 saturated carbocycles. The molecule has 0 bridgehead atoms. The van der Waals surface area contributed by atoms with E-state index in [-0.39, 0.29) is 6.61 Å². The predicted molar refractivity (Wildman–Crippen MR) is 77.3 cm³/mol. The molecule has 0 aliphatic carbocycles. The molecule has 1 aromatic carbocycles. The molecule has 1 N–H and O–H groups in total. The van der Waals surface area contributed by atoms with E-state index in [4.69, 9.17) is 4.74 Å². The first kappa shape index (κ1) is 14.7. The van der Waals surface area contributed by atoms with Gasteiger partial charge in [0.1, 0.15) is 0 Å². The fourth-order valence-corrected chi connectivity index (χ4v) is 2.02. The number of benzene rings is 1. The molecule has 20 heavy (non-hydrogen) atoms. The normalized spacial score (nSPS) is 13.9. The van der Waals surface area contributed by atoms with E-state index in [0.29, 0.717) is 6.61 Å². The van der Waals surface area contributed by atoms with Crippen LogP contribution >= 0.6 is 15.9 Å². The van der Waals surface area contributed by atoms with Gasteiger partial charge < -0.3 is 9.84 Å². The summed E-state index contributed by atoms with van der Waals surface area (Å²) in [5, 5.41) is 13.5. The molecular weight excluding hydrogens is 324 g/mol. The second kappa shape index (κ2) is 6.19. The molecule has 1 unspecified atom stereocenters. The van der Waals surface area contributed by atoms with Gasteiger partial charge in [-0.3, -0.25) is 4.68 Å². The zero-order chi connectivity index (χ0) is 14.6. The number of hydrogen-bond donors (Lipinski definition) is 1. The molecule has 0 radical (unpaired) electrons. The van der Waals surface area contributed by atoms with Gasteiger partial charge in [0.15, 0.2) is 5.54 Å². The largest absolute Gasteiger partial charge is 0.479 e. The number of hydrogen-bond acceptors (Lipinski definition) is 3. The van der Waals surface area contributed by atoms with Crippen LogP contribution in [0, 0.1) is 0 Å². The highest BCUT2D eigenvalue weighted by Crippen LogP contribution is 2.19. The average Bonchev–Trinajstić information content (AvgIpc) is 2.87. The highest BCUT2D eigenvalue weighted by atomic mass is 79.9. The van der Waals surface area contributed by atoms with Crippen molar-refractivity contribution in [2.24, 2.45) is 0 Å². The Morgan fingerprint density at radius 2 is 2.15 bits per heavy atom. The van der Waals surface area contributed by atoms with Crippen molar-refractivity contribution in [3.05, 3.63) is 52.8 Å². The van der Waals surface area contributed by atoms with Gasteiger partial charge in [0, 0.05) is 6.20 Å². The maximum absolute atomic E-state index is 11.5. The summed E-state index contributed by atoms with van der Waals surface area (Å²) in [5.41, 5.74) is -0.234. The van der Waals surface area contributed by atoms with Gasteiger partial charge in [-0.2, -0.15) is 5.10 Å². The van der Waals surface area contributed by atoms with Crippen molar-refractivity contribution in [3.8, 4) is 0 Å². The van der Waals surface area contributed by atoms with Gasteiger partial charge in [-0.05, 0) is 28.4 Å². The second-order valence-electron chi connectivity index (χ2n) is 4.66. The van der Waals surface area contributed by atoms with Gasteiger partial charge in [0.25, 0.3) is 0 Å². The number of halogens is 1. The molecule has 0 saturated heterocycles. The van der Waals surface area contributed by atoms with Gasteiger partial charge in [0.2, 0.25) is 0 Å². The van der Waals surface area contributed by atoms with E-state index in [9.17, 15) is 9.90 Å². The lowest BCUT2D eigenvalue weighted by atomic mass is 10.1. The summed E-state index contributed by atoms with van der Waals surface area (Å²) in [6, 6.07) is 9.62. The van der Waals surface area contributed by atoms with E-state index < -0.39 is 11.5 Å². The molecule has 106 valence electrons. The molecule has 2 aromatic rings. The lowest BCUT2D eigenvalue weighted by Crippen LogP contribution is -2.43. The van der Waals surface area contributed by atoms with Crippen LogP contribution in [0.15, 0.2) is 47.2 Å². The summed E-state index contributed by atoms with van der Waals surface area (Å²) < 4.78 is 7.68. The number of aliphatic carboxylic acids is 1. The fraction of sp³-hybridized carbons (Fsp3) is 0.286. The van der Waals surface area contributed by atoms with Gasteiger partial charge in [-0.1, -0.05) is 30.3 Å². The zero-order valence-electron chi connectivity index (χ0n) is 11.0. The molecule has 1 heterocycles. The van der Waals surface area contributed by atoms with Crippen LogP contribution in [0.25, 0.3) is 0 Å². The van der Waals surface area contributed by atoms with Crippen molar-refractivity contribution in [1.82, 2.24) is 9.78 Å². The van der Waals surface area contributed by atoms with Crippen molar-refractivity contribution in [1.29, 1.82) is 0 Å². The molecular formula is C14H15BrN2O3. The monoisotopic (exact) mass is 338 g/mol. The Kier molecular flexibility index (Phi) is 4.57. The fourth-order valence-electron chi connectivity index (χ4n) is 1.74. The molecule has 5 nitrogen and oxygen atoms in total. The maximum Gasteiger partial charge on any atom is 0.333 e. The first-order valence-corrected chi connectivity index (χ1v) is 6.87. The lowest BCUT2D eigenvalue weighted by Gasteiger charge is -2.25. The lowest BCUT2D eigenvalue weighted by molar-refractivity contribution is -0.151. The number of rotatable bonds is 6. The Bertz CT molecular complexity index is 585. The molecule has 0 aliphatic heterocycles. The van der Waals surface area contributed by atoms with Crippen LogP contribution in [0.4, 0.5) is 0 Å². The van der Waals surface area contributed by atoms with E-state index in [0.717, 1.165) is 10.0 Å². The SMILES string of the molecule is CC(COCc1ccccc1)(C(=O)O)n1cc(Br)cn1. The molecule has 0 spiro atoms. The van der Waals surface area contributed by atoms with Crippen LogP contribution in [0.1, 0.15) is 12.5 Å². The number of aromatic nitrogens is 2. The quantitative estimate of drug-likeness (QED) is 0.879. The van der Waals surface area contributed by atoms with Crippen molar-refractivity contribution >= 4 is 21.9 Å². The standard InChI is InChI=1S/C14H15BrN2O3/c1-14(13(18)19,17-8-12(15)7-16-17)10-20-9-11-5-3-2-4-6-11/h2-8H,9-10H2,1H3,(H,18,19). The minimum Gasteiger partial charge on any atom is -0.479 e. The Morgan fingerprint density at radius 1 is 1.45 bits per heavy atom. The minimum absolute atomic E-state index is 0.0331. The summed E-state index contributed by atoms with van der Waals surface area (Å²) >= 11 is 3.26. The highest BCUT2D eigenvalue weighted by molar-refractivity contribution is 9.10. The molecule has 1 aromatic heterocycles. The van der Waals surface area contributed by atoms with Crippen LogP contribution in [0.5, 0.6) is 0 Å². The van der Waals surface area contributed by atoms with Gasteiger partial charge >= 0.3 is 5.97 Å². The van der Waals surface area contributed by atoms with Gasteiger partial charge in [0.05, 0.1) is 23.9 Å². The summed E-state index contributed by atoms with van der Waals surface area (Å²) in [6.07, 6.45) is 3.18. The highest BCUT2D eigenvalue weighted by Gasteiger charge is 2.36. The Morgan fingerprint density at radius 3 is 2.70 bits per heavy atom. The summed E-state index contributed by atoms with van der Waals surface area (Å²) in [5.74, 6) is -0.985. The maximum atomic E-state index is 11.5. The molecule has 2 rings (SSSR count). The Balaban J connectivity index is 2.05. The number of nitrogens with zero attached hydrogens (tertiary/aromatic N) is 2. The summed E-state index contributed by atoms with van der Waals surface area (Å²) in [7, 11) is 0. The third kappa shape index (κ3) is 3.26. The van der Waals surface area contributed by atoms with E-state index >= 15 is 0 Å². The average molecular weight is 339 g/mol. The van der Waals surface area contributed by atoms with Crippen LogP contribution in [0.3, 0.4) is 0 Å². The van der Waals surface area contributed by atoms with E-state index in [1.807, 2.05) is 30.3 Å².